The molecule has 1 nitrogen and oxygen atoms in total. The highest BCUT2D eigenvalue weighted by Crippen LogP contribution is 2.26. The second-order valence-electron chi connectivity index (χ2n) is 4.03. The number of benzene rings is 2. The van der Waals surface area contributed by atoms with Gasteiger partial charge in [-0.15, -0.1) is 11.8 Å². The molecule has 17 heavy (non-hydrogen) atoms. The van der Waals surface area contributed by atoms with Crippen molar-refractivity contribution in [3.8, 4) is 0 Å². The lowest BCUT2D eigenvalue weighted by molar-refractivity contribution is 0.281. The molecule has 0 radical (unpaired) electrons. The maximum Gasteiger partial charge on any atom is 0.0681 e. The quantitative estimate of drug-likeness (QED) is 0.826. The maximum absolute atomic E-state index is 9.05. The van der Waals surface area contributed by atoms with Crippen LogP contribution >= 0.6 is 11.8 Å². The van der Waals surface area contributed by atoms with Crippen LogP contribution in [0.5, 0.6) is 0 Å². The van der Waals surface area contributed by atoms with Gasteiger partial charge in [-0.05, 0) is 29.7 Å². The molecule has 0 aromatic heterocycles. The highest BCUT2D eigenvalue weighted by Gasteiger charge is 2.01. The number of hydrogen-bond acceptors (Lipinski definition) is 2. The molecule has 0 unspecified atom stereocenters. The van der Waals surface area contributed by atoms with Gasteiger partial charge < -0.3 is 5.11 Å². The summed E-state index contributed by atoms with van der Waals surface area (Å²) < 4.78 is 0. The summed E-state index contributed by atoms with van der Waals surface area (Å²) in [7, 11) is 0. The summed E-state index contributed by atoms with van der Waals surface area (Å²) in [5, 5.41) is 9.05. The molecule has 88 valence electrons. The third-order valence-electron chi connectivity index (χ3n) is 2.66. The molecule has 0 heterocycles. The molecule has 0 aliphatic heterocycles. The first kappa shape index (κ1) is 12.2. The molecular weight excluding hydrogens is 228 g/mol. The van der Waals surface area contributed by atoms with Crippen LogP contribution in [0.2, 0.25) is 0 Å². The Labute approximate surface area is 107 Å². The van der Waals surface area contributed by atoms with Crippen molar-refractivity contribution in [2.75, 3.05) is 0 Å². The zero-order chi connectivity index (χ0) is 12.1. The van der Waals surface area contributed by atoms with Gasteiger partial charge in [-0.25, -0.2) is 0 Å². The zero-order valence-corrected chi connectivity index (χ0v) is 10.7. The summed E-state index contributed by atoms with van der Waals surface area (Å²) in [6.07, 6.45) is 0. The standard InChI is InChI=1S/C15H16OS/c1-12-9-14(10-16)7-8-15(12)17-11-13-5-3-2-4-6-13/h2-9,16H,10-11H2,1H3. The number of thioether (sulfide) groups is 1. The number of aliphatic hydroxyl groups is 1. The van der Waals surface area contributed by atoms with Gasteiger partial charge in [-0.3, -0.25) is 0 Å². The van der Waals surface area contributed by atoms with Crippen LogP contribution in [0.15, 0.2) is 53.4 Å². The Balaban J connectivity index is 2.04. The van der Waals surface area contributed by atoms with Gasteiger partial charge in [-0.2, -0.15) is 0 Å². The molecule has 0 saturated heterocycles. The first-order valence-electron chi connectivity index (χ1n) is 5.66. The molecule has 2 rings (SSSR count). The van der Waals surface area contributed by atoms with E-state index < -0.39 is 0 Å². The van der Waals surface area contributed by atoms with Crippen molar-refractivity contribution in [3.63, 3.8) is 0 Å². The van der Waals surface area contributed by atoms with Crippen molar-refractivity contribution in [3.05, 3.63) is 65.2 Å². The van der Waals surface area contributed by atoms with Crippen molar-refractivity contribution in [1.82, 2.24) is 0 Å². The van der Waals surface area contributed by atoms with Crippen molar-refractivity contribution in [2.45, 2.75) is 24.2 Å². The van der Waals surface area contributed by atoms with Crippen molar-refractivity contribution in [1.29, 1.82) is 0 Å². The molecule has 1 N–H and O–H groups in total. The van der Waals surface area contributed by atoms with Gasteiger partial charge in [-0.1, -0.05) is 42.5 Å². The average molecular weight is 244 g/mol. The topological polar surface area (TPSA) is 20.2 Å². The molecule has 2 heteroatoms. The molecule has 0 spiro atoms. The Kier molecular flexibility index (Phi) is 4.24. The molecule has 0 bridgehead atoms. The van der Waals surface area contributed by atoms with Crippen LogP contribution < -0.4 is 0 Å². The SMILES string of the molecule is Cc1cc(CO)ccc1SCc1ccccc1. The third-order valence-corrected chi connectivity index (χ3v) is 3.91. The molecule has 0 fully saturated rings. The van der Waals surface area contributed by atoms with Crippen LogP contribution in [0.25, 0.3) is 0 Å². The van der Waals surface area contributed by atoms with E-state index in [2.05, 4.69) is 37.3 Å². The summed E-state index contributed by atoms with van der Waals surface area (Å²) in [4.78, 5) is 1.28. The summed E-state index contributed by atoms with van der Waals surface area (Å²) in [5.74, 6) is 0.986. The van der Waals surface area contributed by atoms with Crippen LogP contribution in [0, 0.1) is 6.92 Å². The van der Waals surface area contributed by atoms with Gasteiger partial charge >= 0.3 is 0 Å². The number of aryl methyl sites for hydroxylation is 1. The Morgan fingerprint density at radius 3 is 2.41 bits per heavy atom. The lowest BCUT2D eigenvalue weighted by Gasteiger charge is -2.07. The van der Waals surface area contributed by atoms with Gasteiger partial charge in [0.15, 0.2) is 0 Å². The van der Waals surface area contributed by atoms with Gasteiger partial charge in [0.25, 0.3) is 0 Å². The van der Waals surface area contributed by atoms with Crippen LogP contribution in [0.1, 0.15) is 16.7 Å². The molecule has 2 aromatic carbocycles. The van der Waals surface area contributed by atoms with E-state index in [9.17, 15) is 0 Å². The molecule has 0 saturated carbocycles. The Morgan fingerprint density at radius 1 is 1.00 bits per heavy atom. The van der Waals surface area contributed by atoms with Crippen LogP contribution in [-0.2, 0) is 12.4 Å². The van der Waals surface area contributed by atoms with E-state index in [-0.39, 0.29) is 6.61 Å². The molecule has 2 aromatic rings. The highest BCUT2D eigenvalue weighted by atomic mass is 32.2. The van der Waals surface area contributed by atoms with E-state index in [1.165, 1.54) is 16.0 Å². The fraction of sp³-hybridized carbons (Fsp3) is 0.200. The van der Waals surface area contributed by atoms with E-state index in [4.69, 9.17) is 5.11 Å². The number of hydrogen-bond donors (Lipinski definition) is 1. The first-order chi connectivity index (χ1) is 8.29. The summed E-state index contributed by atoms with van der Waals surface area (Å²) >= 11 is 1.84. The fourth-order valence-corrected chi connectivity index (χ4v) is 2.67. The molecular formula is C15H16OS. The monoisotopic (exact) mass is 244 g/mol. The van der Waals surface area contributed by atoms with E-state index in [0.717, 1.165) is 11.3 Å². The van der Waals surface area contributed by atoms with Crippen LogP contribution in [0.4, 0.5) is 0 Å². The van der Waals surface area contributed by atoms with Crippen LogP contribution in [-0.4, -0.2) is 5.11 Å². The smallest absolute Gasteiger partial charge is 0.0681 e. The van der Waals surface area contributed by atoms with Crippen molar-refractivity contribution < 1.29 is 5.11 Å². The normalized spacial score (nSPS) is 10.5. The molecule has 0 aliphatic carbocycles. The van der Waals surface area contributed by atoms with E-state index in [1.54, 1.807) is 0 Å². The lowest BCUT2D eigenvalue weighted by Crippen LogP contribution is -1.87. The lowest BCUT2D eigenvalue weighted by atomic mass is 10.1. The minimum Gasteiger partial charge on any atom is -0.392 e. The second-order valence-corrected chi connectivity index (χ2v) is 5.05. The molecule has 0 amide bonds. The average Bonchev–Trinajstić information content (AvgIpc) is 2.38. The Bertz CT molecular complexity index is 480. The summed E-state index contributed by atoms with van der Waals surface area (Å²) in [6, 6.07) is 16.6. The van der Waals surface area contributed by atoms with Crippen molar-refractivity contribution in [2.24, 2.45) is 0 Å². The highest BCUT2D eigenvalue weighted by molar-refractivity contribution is 7.98. The fourth-order valence-electron chi connectivity index (χ4n) is 1.71. The number of aliphatic hydroxyl groups excluding tert-OH is 1. The van der Waals surface area contributed by atoms with Gasteiger partial charge in [0.1, 0.15) is 0 Å². The Morgan fingerprint density at radius 2 is 1.76 bits per heavy atom. The zero-order valence-electron chi connectivity index (χ0n) is 9.89. The minimum absolute atomic E-state index is 0.116. The van der Waals surface area contributed by atoms with Crippen LogP contribution in [0.3, 0.4) is 0 Å². The second kappa shape index (κ2) is 5.89. The molecule has 0 atom stereocenters. The Hall–Kier alpha value is -1.25. The van der Waals surface area contributed by atoms with E-state index in [0.29, 0.717) is 0 Å². The van der Waals surface area contributed by atoms with E-state index >= 15 is 0 Å². The minimum atomic E-state index is 0.116. The van der Waals surface area contributed by atoms with Gasteiger partial charge in [0.2, 0.25) is 0 Å². The van der Waals surface area contributed by atoms with Gasteiger partial charge in [0.05, 0.1) is 6.61 Å². The van der Waals surface area contributed by atoms with Gasteiger partial charge in [0, 0.05) is 10.6 Å². The van der Waals surface area contributed by atoms with E-state index in [1.807, 2.05) is 30.0 Å². The predicted molar refractivity (Wildman–Crippen MR) is 73.1 cm³/mol. The first-order valence-corrected chi connectivity index (χ1v) is 6.65. The predicted octanol–water partition coefficient (Wildman–Crippen LogP) is 3.78. The summed E-state index contributed by atoms with van der Waals surface area (Å²) in [5.41, 5.74) is 3.55. The maximum atomic E-state index is 9.05. The summed E-state index contributed by atoms with van der Waals surface area (Å²) in [6.45, 7) is 2.21. The largest absolute Gasteiger partial charge is 0.392 e. The third kappa shape index (κ3) is 3.35. The van der Waals surface area contributed by atoms with Crippen molar-refractivity contribution >= 4 is 11.8 Å². The number of rotatable bonds is 4. The molecule has 0 aliphatic rings.